The Morgan fingerprint density at radius 1 is 0.684 bits per heavy atom. The summed E-state index contributed by atoms with van der Waals surface area (Å²) in [6.45, 7) is 2.91. The van der Waals surface area contributed by atoms with E-state index in [-0.39, 0.29) is 0 Å². The lowest BCUT2D eigenvalue weighted by Crippen LogP contribution is -2.25. The summed E-state index contributed by atoms with van der Waals surface area (Å²) in [4.78, 5) is 6.76. The standard InChI is InChI=1S/C15H16N2S2/c18-14-7-3-1-5-12(14)16-9-10-17(11-16)13-6-2-4-8-15(13)19/h1-8,18-19H,9-11H2. The van der Waals surface area contributed by atoms with Gasteiger partial charge in [-0.1, -0.05) is 24.3 Å². The quantitative estimate of drug-likeness (QED) is 0.816. The van der Waals surface area contributed by atoms with Crippen LogP contribution in [0.25, 0.3) is 0 Å². The Morgan fingerprint density at radius 2 is 1.11 bits per heavy atom. The number of hydrogen-bond donors (Lipinski definition) is 2. The van der Waals surface area contributed by atoms with Crippen LogP contribution >= 0.6 is 25.3 Å². The lowest BCUT2D eigenvalue weighted by atomic mass is 10.3. The summed E-state index contributed by atoms with van der Waals surface area (Å²) in [5.41, 5.74) is 2.40. The third kappa shape index (κ3) is 2.55. The van der Waals surface area contributed by atoms with E-state index >= 15 is 0 Å². The zero-order valence-corrected chi connectivity index (χ0v) is 12.3. The maximum atomic E-state index is 4.53. The number of thiol groups is 2. The Kier molecular flexibility index (Phi) is 3.62. The Labute approximate surface area is 124 Å². The molecule has 19 heavy (non-hydrogen) atoms. The summed E-state index contributed by atoms with van der Waals surface area (Å²) in [5.74, 6) is 0. The average molecular weight is 288 g/mol. The monoisotopic (exact) mass is 288 g/mol. The maximum absolute atomic E-state index is 4.53. The zero-order chi connectivity index (χ0) is 13.2. The number of benzene rings is 2. The molecule has 1 fully saturated rings. The van der Waals surface area contributed by atoms with Gasteiger partial charge in [-0.05, 0) is 24.3 Å². The molecule has 2 aromatic rings. The van der Waals surface area contributed by atoms with Crippen molar-refractivity contribution in [1.82, 2.24) is 0 Å². The molecule has 1 heterocycles. The summed E-state index contributed by atoms with van der Waals surface area (Å²) in [5, 5.41) is 0. The summed E-state index contributed by atoms with van der Waals surface area (Å²) >= 11 is 9.07. The highest BCUT2D eigenvalue weighted by Gasteiger charge is 2.22. The molecule has 98 valence electrons. The van der Waals surface area contributed by atoms with Crippen LogP contribution in [-0.2, 0) is 0 Å². The van der Waals surface area contributed by atoms with Crippen LogP contribution < -0.4 is 9.80 Å². The fourth-order valence-corrected chi connectivity index (χ4v) is 3.05. The molecule has 1 saturated heterocycles. The van der Waals surface area contributed by atoms with Crippen molar-refractivity contribution in [2.45, 2.75) is 9.79 Å². The third-order valence-corrected chi connectivity index (χ3v) is 4.18. The second-order valence-corrected chi connectivity index (χ2v) is 5.61. The van der Waals surface area contributed by atoms with E-state index in [1.165, 1.54) is 11.4 Å². The van der Waals surface area contributed by atoms with Crippen molar-refractivity contribution in [3.8, 4) is 0 Å². The molecule has 4 heteroatoms. The van der Waals surface area contributed by atoms with Gasteiger partial charge in [0.05, 0.1) is 18.0 Å². The van der Waals surface area contributed by atoms with Gasteiger partial charge in [-0.3, -0.25) is 0 Å². The SMILES string of the molecule is Sc1ccccc1N1CCN(c2ccccc2S)C1. The van der Waals surface area contributed by atoms with E-state index in [1.807, 2.05) is 24.3 Å². The molecule has 0 saturated carbocycles. The van der Waals surface area contributed by atoms with Crippen LogP contribution in [0.5, 0.6) is 0 Å². The molecule has 0 atom stereocenters. The van der Waals surface area contributed by atoms with Gasteiger partial charge in [0.15, 0.2) is 0 Å². The molecular formula is C15H16N2S2. The van der Waals surface area contributed by atoms with Crippen molar-refractivity contribution < 1.29 is 0 Å². The summed E-state index contributed by atoms with van der Waals surface area (Å²) in [7, 11) is 0. The van der Waals surface area contributed by atoms with Crippen LogP contribution in [0.2, 0.25) is 0 Å². The lowest BCUT2D eigenvalue weighted by molar-refractivity contribution is 0.930. The van der Waals surface area contributed by atoms with Crippen LogP contribution in [0.1, 0.15) is 0 Å². The molecule has 0 radical (unpaired) electrons. The maximum Gasteiger partial charge on any atom is 0.0905 e. The highest BCUT2D eigenvalue weighted by atomic mass is 32.1. The van der Waals surface area contributed by atoms with Gasteiger partial charge in [0, 0.05) is 22.9 Å². The first-order valence-corrected chi connectivity index (χ1v) is 7.21. The van der Waals surface area contributed by atoms with Crippen molar-refractivity contribution in [3.63, 3.8) is 0 Å². The minimum absolute atomic E-state index is 0.884. The Bertz CT molecular complexity index is 534. The molecule has 0 unspecified atom stereocenters. The topological polar surface area (TPSA) is 6.48 Å². The summed E-state index contributed by atoms with van der Waals surface area (Å²) < 4.78 is 0. The highest BCUT2D eigenvalue weighted by Crippen LogP contribution is 2.30. The van der Waals surface area contributed by atoms with Gasteiger partial charge < -0.3 is 9.80 Å². The van der Waals surface area contributed by atoms with Crippen molar-refractivity contribution in [1.29, 1.82) is 0 Å². The first-order chi connectivity index (χ1) is 9.25. The van der Waals surface area contributed by atoms with Crippen molar-refractivity contribution in [2.24, 2.45) is 0 Å². The molecule has 0 N–H and O–H groups in total. The van der Waals surface area contributed by atoms with E-state index < -0.39 is 0 Å². The van der Waals surface area contributed by atoms with E-state index in [4.69, 9.17) is 0 Å². The van der Waals surface area contributed by atoms with E-state index in [0.29, 0.717) is 0 Å². The smallest absolute Gasteiger partial charge is 0.0905 e. The Morgan fingerprint density at radius 3 is 1.53 bits per heavy atom. The van der Waals surface area contributed by atoms with Gasteiger partial charge in [-0.25, -0.2) is 0 Å². The van der Waals surface area contributed by atoms with Crippen LogP contribution in [0.3, 0.4) is 0 Å². The molecule has 1 aliphatic heterocycles. The van der Waals surface area contributed by atoms with Gasteiger partial charge >= 0.3 is 0 Å². The lowest BCUT2D eigenvalue weighted by Gasteiger charge is -2.23. The minimum atomic E-state index is 0.884. The Balaban J connectivity index is 1.82. The van der Waals surface area contributed by atoms with Crippen LogP contribution in [0.4, 0.5) is 11.4 Å². The van der Waals surface area contributed by atoms with Crippen molar-refractivity contribution in [2.75, 3.05) is 29.6 Å². The van der Waals surface area contributed by atoms with E-state index in [2.05, 4.69) is 59.3 Å². The molecule has 3 rings (SSSR count). The zero-order valence-electron chi connectivity index (χ0n) is 10.5. The molecule has 2 aromatic carbocycles. The average Bonchev–Trinajstić information content (AvgIpc) is 2.89. The van der Waals surface area contributed by atoms with E-state index in [0.717, 1.165) is 29.5 Å². The number of nitrogens with zero attached hydrogens (tertiary/aromatic N) is 2. The molecule has 0 amide bonds. The Hall–Kier alpha value is -1.26. The molecular weight excluding hydrogens is 272 g/mol. The number of anilines is 2. The summed E-state index contributed by atoms with van der Waals surface area (Å²) in [6.07, 6.45) is 0. The molecule has 0 aliphatic carbocycles. The number of para-hydroxylation sites is 2. The van der Waals surface area contributed by atoms with Crippen LogP contribution in [-0.4, -0.2) is 19.8 Å². The van der Waals surface area contributed by atoms with Crippen LogP contribution in [0, 0.1) is 0 Å². The normalized spacial score (nSPS) is 15.1. The third-order valence-electron chi connectivity index (χ3n) is 3.43. The molecule has 1 aliphatic rings. The van der Waals surface area contributed by atoms with Gasteiger partial charge in [0.1, 0.15) is 0 Å². The fraction of sp³-hybridized carbons (Fsp3) is 0.200. The second kappa shape index (κ2) is 5.39. The highest BCUT2D eigenvalue weighted by molar-refractivity contribution is 7.80. The second-order valence-electron chi connectivity index (χ2n) is 4.65. The number of rotatable bonds is 2. The molecule has 0 spiro atoms. The minimum Gasteiger partial charge on any atom is -0.351 e. The predicted octanol–water partition coefficient (Wildman–Crippen LogP) is 3.55. The largest absolute Gasteiger partial charge is 0.351 e. The van der Waals surface area contributed by atoms with E-state index in [9.17, 15) is 0 Å². The fourth-order valence-electron chi connectivity index (χ4n) is 2.45. The van der Waals surface area contributed by atoms with Gasteiger partial charge in [0.25, 0.3) is 0 Å². The first kappa shape index (κ1) is 12.8. The predicted molar refractivity (Wildman–Crippen MR) is 86.9 cm³/mol. The van der Waals surface area contributed by atoms with Crippen molar-refractivity contribution >= 4 is 36.6 Å². The first-order valence-electron chi connectivity index (χ1n) is 6.31. The van der Waals surface area contributed by atoms with Crippen LogP contribution in [0.15, 0.2) is 58.3 Å². The molecule has 0 bridgehead atoms. The van der Waals surface area contributed by atoms with E-state index in [1.54, 1.807) is 0 Å². The summed E-state index contributed by atoms with van der Waals surface area (Å²) in [6, 6.07) is 16.5. The van der Waals surface area contributed by atoms with Crippen molar-refractivity contribution in [3.05, 3.63) is 48.5 Å². The molecule has 0 aromatic heterocycles. The van der Waals surface area contributed by atoms with Gasteiger partial charge in [-0.15, -0.1) is 25.3 Å². The molecule has 2 nitrogen and oxygen atoms in total. The van der Waals surface area contributed by atoms with Gasteiger partial charge in [0.2, 0.25) is 0 Å². The number of hydrogen-bond acceptors (Lipinski definition) is 4. The van der Waals surface area contributed by atoms with Gasteiger partial charge in [-0.2, -0.15) is 0 Å².